The zero-order valence-corrected chi connectivity index (χ0v) is 10.6. The Hall–Kier alpha value is -1.39. The molecule has 3 nitrogen and oxygen atoms in total. The first-order chi connectivity index (χ1) is 8.25. The quantitative estimate of drug-likeness (QED) is 0.925. The molecule has 0 atom stereocenters. The molecule has 5 heteroatoms. The molecule has 0 bridgehead atoms. The lowest BCUT2D eigenvalue weighted by Gasteiger charge is -2.04. The van der Waals surface area contributed by atoms with E-state index in [1.807, 2.05) is 11.4 Å². The third kappa shape index (κ3) is 3.54. The minimum Gasteiger partial charge on any atom is -0.352 e. The lowest BCUT2D eigenvalue weighted by molar-refractivity contribution is 0.0954. The lowest BCUT2D eigenvalue weighted by atomic mass is 10.2. The first-order valence-electron chi connectivity index (χ1n) is 5.17. The van der Waals surface area contributed by atoms with E-state index in [0.717, 1.165) is 6.42 Å². The summed E-state index contributed by atoms with van der Waals surface area (Å²) in [6.45, 7) is 0.617. The highest BCUT2D eigenvalue weighted by Crippen LogP contribution is 2.09. The van der Waals surface area contributed by atoms with Gasteiger partial charge in [-0.05, 0) is 23.9 Å². The lowest BCUT2D eigenvalue weighted by Crippen LogP contribution is -2.25. The number of thiophene rings is 1. The monoisotopic (exact) mass is 266 g/mol. The number of hydrogen-bond acceptors (Lipinski definition) is 3. The Morgan fingerprint density at radius 3 is 3.06 bits per heavy atom. The molecule has 0 aliphatic carbocycles. The molecule has 2 aromatic rings. The molecule has 0 aromatic carbocycles. The smallest absolute Gasteiger partial charge is 0.252 e. The molecule has 2 aromatic heterocycles. The Kier molecular flexibility index (Phi) is 4.12. The maximum Gasteiger partial charge on any atom is 0.252 e. The van der Waals surface area contributed by atoms with Crippen molar-refractivity contribution < 1.29 is 4.79 Å². The second-order valence-electron chi connectivity index (χ2n) is 3.48. The SMILES string of the molecule is O=C(NCCc1cccs1)c1cncc(Cl)c1. The summed E-state index contributed by atoms with van der Waals surface area (Å²) >= 11 is 7.45. The van der Waals surface area contributed by atoms with Gasteiger partial charge >= 0.3 is 0 Å². The second-order valence-corrected chi connectivity index (χ2v) is 4.95. The Labute approximate surface area is 108 Å². The third-order valence-electron chi connectivity index (χ3n) is 2.20. The summed E-state index contributed by atoms with van der Waals surface area (Å²) in [4.78, 5) is 16.9. The molecule has 2 heterocycles. The zero-order valence-electron chi connectivity index (χ0n) is 9.02. The minimum absolute atomic E-state index is 0.142. The second kappa shape index (κ2) is 5.80. The average molecular weight is 267 g/mol. The third-order valence-corrected chi connectivity index (χ3v) is 3.35. The van der Waals surface area contributed by atoms with Crippen LogP contribution in [0.3, 0.4) is 0 Å². The molecule has 88 valence electrons. The van der Waals surface area contributed by atoms with Crippen molar-refractivity contribution >= 4 is 28.8 Å². The van der Waals surface area contributed by atoms with Gasteiger partial charge in [0.05, 0.1) is 10.6 Å². The van der Waals surface area contributed by atoms with Gasteiger partial charge in [-0.25, -0.2) is 0 Å². The largest absolute Gasteiger partial charge is 0.352 e. The Morgan fingerprint density at radius 1 is 1.47 bits per heavy atom. The summed E-state index contributed by atoms with van der Waals surface area (Å²) in [7, 11) is 0. The van der Waals surface area contributed by atoms with Crippen LogP contribution in [-0.4, -0.2) is 17.4 Å². The van der Waals surface area contributed by atoms with Crippen molar-refractivity contribution in [3.63, 3.8) is 0 Å². The van der Waals surface area contributed by atoms with Crippen molar-refractivity contribution in [1.82, 2.24) is 10.3 Å². The molecule has 1 amide bonds. The molecule has 0 saturated carbocycles. The topological polar surface area (TPSA) is 42.0 Å². The summed E-state index contributed by atoms with van der Waals surface area (Å²) in [5.74, 6) is -0.142. The van der Waals surface area contributed by atoms with Gasteiger partial charge in [0.15, 0.2) is 0 Å². The summed E-state index contributed by atoms with van der Waals surface area (Å²) in [6, 6.07) is 5.66. The van der Waals surface area contributed by atoms with Crippen LogP contribution in [0.1, 0.15) is 15.2 Å². The van der Waals surface area contributed by atoms with Crippen molar-refractivity contribution in [2.45, 2.75) is 6.42 Å². The maximum absolute atomic E-state index is 11.7. The summed E-state index contributed by atoms with van der Waals surface area (Å²) in [6.07, 6.45) is 3.85. The standard InChI is InChI=1S/C12H11ClN2OS/c13-10-6-9(7-14-8-10)12(16)15-4-3-11-2-1-5-17-11/h1-2,5-8H,3-4H2,(H,15,16). The number of aromatic nitrogens is 1. The molecular formula is C12H11ClN2OS. The number of nitrogens with zero attached hydrogens (tertiary/aromatic N) is 1. The highest BCUT2D eigenvalue weighted by atomic mass is 35.5. The van der Waals surface area contributed by atoms with Crippen molar-refractivity contribution in [2.24, 2.45) is 0 Å². The number of halogens is 1. The van der Waals surface area contributed by atoms with Gasteiger partial charge in [0.1, 0.15) is 0 Å². The number of carbonyl (C=O) groups excluding carboxylic acids is 1. The molecule has 0 aliphatic heterocycles. The van der Waals surface area contributed by atoms with Crippen molar-refractivity contribution in [2.75, 3.05) is 6.54 Å². The van der Waals surface area contributed by atoms with E-state index in [4.69, 9.17) is 11.6 Å². The van der Waals surface area contributed by atoms with Crippen LogP contribution >= 0.6 is 22.9 Å². The fourth-order valence-corrected chi connectivity index (χ4v) is 2.28. The predicted octanol–water partition coefficient (Wildman–Crippen LogP) is 2.77. The van der Waals surface area contributed by atoms with Gasteiger partial charge in [0.25, 0.3) is 5.91 Å². The Balaban J connectivity index is 1.85. The van der Waals surface area contributed by atoms with E-state index in [9.17, 15) is 4.79 Å². The number of pyridine rings is 1. The van der Waals surface area contributed by atoms with E-state index < -0.39 is 0 Å². The van der Waals surface area contributed by atoms with Crippen LogP contribution in [0.25, 0.3) is 0 Å². The average Bonchev–Trinajstić information content (AvgIpc) is 2.82. The highest BCUT2D eigenvalue weighted by Gasteiger charge is 2.05. The number of amides is 1. The van der Waals surface area contributed by atoms with Crippen molar-refractivity contribution in [3.05, 3.63) is 51.4 Å². The van der Waals surface area contributed by atoms with Gasteiger partial charge in [-0.1, -0.05) is 17.7 Å². The van der Waals surface area contributed by atoms with E-state index in [1.54, 1.807) is 17.4 Å². The normalized spacial score (nSPS) is 10.2. The molecule has 0 unspecified atom stereocenters. The van der Waals surface area contributed by atoms with Crippen LogP contribution in [0.15, 0.2) is 36.0 Å². The molecule has 0 radical (unpaired) electrons. The summed E-state index contributed by atoms with van der Waals surface area (Å²) in [5.41, 5.74) is 0.490. The fourth-order valence-electron chi connectivity index (χ4n) is 1.39. The molecule has 0 saturated heterocycles. The van der Waals surface area contributed by atoms with Crippen LogP contribution in [-0.2, 0) is 6.42 Å². The van der Waals surface area contributed by atoms with Gasteiger partial charge < -0.3 is 5.32 Å². The van der Waals surface area contributed by atoms with E-state index in [1.165, 1.54) is 17.3 Å². The number of carbonyl (C=O) groups is 1. The van der Waals surface area contributed by atoms with Crippen LogP contribution < -0.4 is 5.32 Å². The molecule has 2 rings (SSSR count). The molecule has 17 heavy (non-hydrogen) atoms. The van der Waals surface area contributed by atoms with Gasteiger partial charge in [-0.3, -0.25) is 9.78 Å². The number of nitrogens with one attached hydrogen (secondary N) is 1. The summed E-state index contributed by atoms with van der Waals surface area (Å²) in [5, 5.41) is 5.33. The molecule has 0 spiro atoms. The number of rotatable bonds is 4. The fraction of sp³-hybridized carbons (Fsp3) is 0.167. The first kappa shape index (κ1) is 12.1. The first-order valence-corrected chi connectivity index (χ1v) is 6.42. The highest BCUT2D eigenvalue weighted by molar-refractivity contribution is 7.09. The van der Waals surface area contributed by atoms with Crippen LogP contribution in [0, 0.1) is 0 Å². The molecule has 0 fully saturated rings. The maximum atomic E-state index is 11.7. The van der Waals surface area contributed by atoms with Crippen LogP contribution in [0.5, 0.6) is 0 Å². The van der Waals surface area contributed by atoms with Crippen LogP contribution in [0.2, 0.25) is 5.02 Å². The van der Waals surface area contributed by atoms with Gasteiger partial charge in [0.2, 0.25) is 0 Å². The molecular weight excluding hydrogens is 256 g/mol. The van der Waals surface area contributed by atoms with Gasteiger partial charge in [0, 0.05) is 23.8 Å². The number of hydrogen-bond donors (Lipinski definition) is 1. The van der Waals surface area contributed by atoms with E-state index in [-0.39, 0.29) is 5.91 Å². The van der Waals surface area contributed by atoms with E-state index in [2.05, 4.69) is 16.4 Å². The van der Waals surface area contributed by atoms with Crippen LogP contribution in [0.4, 0.5) is 0 Å². The van der Waals surface area contributed by atoms with Crippen molar-refractivity contribution in [3.8, 4) is 0 Å². The molecule has 1 N–H and O–H groups in total. The van der Waals surface area contributed by atoms with Gasteiger partial charge in [-0.15, -0.1) is 11.3 Å². The van der Waals surface area contributed by atoms with E-state index in [0.29, 0.717) is 17.1 Å². The zero-order chi connectivity index (χ0) is 12.1. The Morgan fingerprint density at radius 2 is 2.35 bits per heavy atom. The van der Waals surface area contributed by atoms with E-state index >= 15 is 0 Å². The Bertz CT molecular complexity index is 499. The predicted molar refractivity (Wildman–Crippen MR) is 69.6 cm³/mol. The summed E-state index contributed by atoms with van der Waals surface area (Å²) < 4.78 is 0. The molecule has 0 aliphatic rings. The van der Waals surface area contributed by atoms with Gasteiger partial charge in [-0.2, -0.15) is 0 Å². The van der Waals surface area contributed by atoms with Crippen molar-refractivity contribution in [1.29, 1.82) is 0 Å². The minimum atomic E-state index is -0.142.